The molecule has 0 aliphatic carbocycles. The molecule has 0 atom stereocenters. The first-order valence-electron chi connectivity index (χ1n) is 7.59. The van der Waals surface area contributed by atoms with E-state index < -0.39 is 0 Å². The van der Waals surface area contributed by atoms with Crippen LogP contribution in [-0.2, 0) is 6.54 Å². The molecule has 0 saturated carbocycles. The lowest BCUT2D eigenvalue weighted by molar-refractivity contribution is -0.885. The molecule has 0 radical (unpaired) electrons. The van der Waals surface area contributed by atoms with Crippen LogP contribution in [0.3, 0.4) is 0 Å². The highest BCUT2D eigenvalue weighted by Crippen LogP contribution is 2.32. The molecule has 7 heteroatoms. The molecule has 1 aliphatic heterocycles. The Morgan fingerprint density at radius 1 is 1.29 bits per heavy atom. The van der Waals surface area contributed by atoms with Crippen LogP contribution in [0.1, 0.15) is 29.8 Å². The Labute approximate surface area is 145 Å². The normalized spacial score (nSPS) is 11.3. The molecule has 2 heterocycles. The number of aromatic nitrogens is 1. The minimum atomic E-state index is -0.283. The van der Waals surface area contributed by atoms with Gasteiger partial charge in [-0.3, -0.25) is 9.63 Å². The van der Waals surface area contributed by atoms with E-state index in [9.17, 15) is 4.79 Å². The van der Waals surface area contributed by atoms with Crippen LogP contribution >= 0.6 is 11.6 Å². The van der Waals surface area contributed by atoms with Gasteiger partial charge in [-0.05, 0) is 17.7 Å². The van der Waals surface area contributed by atoms with Gasteiger partial charge in [0.15, 0.2) is 11.5 Å². The molecule has 128 valence electrons. The Morgan fingerprint density at radius 3 is 2.79 bits per heavy atom. The van der Waals surface area contributed by atoms with Crippen molar-refractivity contribution in [1.29, 1.82) is 0 Å². The number of nitrogens with zero attached hydrogens (tertiary/aromatic N) is 1. The lowest BCUT2D eigenvalue weighted by Gasteiger charge is -2.06. The zero-order chi connectivity index (χ0) is 17.5. The number of rotatable bonds is 4. The Bertz CT molecular complexity index is 722. The predicted molar refractivity (Wildman–Crippen MR) is 89.2 cm³/mol. The van der Waals surface area contributed by atoms with Crippen molar-refractivity contribution in [3.05, 3.63) is 52.8 Å². The summed E-state index contributed by atoms with van der Waals surface area (Å²) in [5, 5.41) is 3.17. The quantitative estimate of drug-likeness (QED) is 0.859. The highest BCUT2D eigenvalue weighted by molar-refractivity contribution is 6.33. The Morgan fingerprint density at radius 2 is 2.04 bits per heavy atom. The van der Waals surface area contributed by atoms with Crippen molar-refractivity contribution in [2.45, 2.75) is 20.4 Å². The number of carbonyl (C=O) groups excluding carboxylic acids is 1. The first kappa shape index (κ1) is 17.9. The number of pyridine rings is 1. The van der Waals surface area contributed by atoms with Crippen LogP contribution in [0.4, 0.5) is 0 Å². The lowest BCUT2D eigenvalue weighted by Crippen LogP contribution is -2.41. The molecule has 2 aromatic rings. The topological polar surface area (TPSA) is 60.7 Å². The molecule has 1 aliphatic rings. The maximum Gasteiger partial charge on any atom is 0.259 e. The van der Waals surface area contributed by atoms with Gasteiger partial charge in [0, 0.05) is 17.3 Å². The Hall–Kier alpha value is -2.47. The molecule has 1 N–H and O–H groups in total. The summed E-state index contributed by atoms with van der Waals surface area (Å²) in [4.78, 5) is 17.2. The van der Waals surface area contributed by atoms with Crippen LogP contribution in [0.25, 0.3) is 0 Å². The molecule has 1 amide bonds. The average Bonchev–Trinajstić information content (AvgIpc) is 3.09. The summed E-state index contributed by atoms with van der Waals surface area (Å²) < 4.78 is 12.0. The summed E-state index contributed by atoms with van der Waals surface area (Å²) in [6, 6.07) is 7.12. The maximum atomic E-state index is 12.2. The maximum absolute atomic E-state index is 12.2. The number of hydrogen-bond acceptors (Lipinski definition) is 4. The van der Waals surface area contributed by atoms with Crippen LogP contribution in [-0.4, -0.2) is 19.8 Å². The van der Waals surface area contributed by atoms with Crippen LogP contribution in [0.15, 0.2) is 36.7 Å². The van der Waals surface area contributed by atoms with Crippen LogP contribution in [0.2, 0.25) is 5.02 Å². The van der Waals surface area contributed by atoms with E-state index in [4.69, 9.17) is 25.9 Å². The second-order valence-corrected chi connectivity index (χ2v) is 5.03. The minimum absolute atomic E-state index is 0.224. The second kappa shape index (κ2) is 8.40. The van der Waals surface area contributed by atoms with Crippen molar-refractivity contribution < 1.29 is 23.8 Å². The van der Waals surface area contributed by atoms with Gasteiger partial charge in [-0.2, -0.15) is 0 Å². The van der Waals surface area contributed by atoms with Crippen molar-refractivity contribution in [1.82, 2.24) is 5.32 Å². The van der Waals surface area contributed by atoms with Gasteiger partial charge in [-0.1, -0.05) is 31.5 Å². The molecule has 0 unspecified atom stereocenters. The zero-order valence-corrected chi connectivity index (χ0v) is 14.6. The standard InChI is InChI=1S/C15H13ClN2O4.C2H6/c1-20-18-5-4-12(16)11(8-18)15(19)17-7-10-2-3-13-14(6-10)22-9-21-13;1-2/h2-6,8H,7,9H2,1H3;1-2H3/p+1. The van der Waals surface area contributed by atoms with Crippen LogP contribution < -0.4 is 24.4 Å². The van der Waals surface area contributed by atoms with Crippen LogP contribution in [0.5, 0.6) is 11.5 Å². The SMILES string of the molecule is CC.CO[n+]1ccc(Cl)c(C(=O)NCc2ccc3c(c2)OCO3)c1. The highest BCUT2D eigenvalue weighted by Gasteiger charge is 2.17. The Kier molecular flexibility index (Phi) is 6.26. The van der Waals surface area contributed by atoms with Gasteiger partial charge in [-0.15, -0.1) is 0 Å². The van der Waals surface area contributed by atoms with E-state index in [0.29, 0.717) is 28.6 Å². The van der Waals surface area contributed by atoms with E-state index >= 15 is 0 Å². The van der Waals surface area contributed by atoms with Gasteiger partial charge >= 0.3 is 0 Å². The fraction of sp³-hybridized carbons (Fsp3) is 0.294. The van der Waals surface area contributed by atoms with E-state index in [1.807, 2.05) is 32.0 Å². The second-order valence-electron chi connectivity index (χ2n) is 4.62. The van der Waals surface area contributed by atoms with Crippen LogP contribution in [0, 0.1) is 0 Å². The number of hydrogen-bond donors (Lipinski definition) is 1. The van der Waals surface area contributed by atoms with Crippen molar-refractivity contribution in [2.75, 3.05) is 13.9 Å². The lowest BCUT2D eigenvalue weighted by atomic mass is 10.2. The Balaban J connectivity index is 0.00000100. The minimum Gasteiger partial charge on any atom is -0.454 e. The molecule has 1 aromatic carbocycles. The third kappa shape index (κ3) is 4.08. The average molecular weight is 352 g/mol. The number of benzene rings is 1. The highest BCUT2D eigenvalue weighted by atomic mass is 35.5. The van der Waals surface area contributed by atoms with E-state index in [2.05, 4.69) is 5.32 Å². The summed E-state index contributed by atoms with van der Waals surface area (Å²) in [6.07, 6.45) is 3.15. The van der Waals surface area contributed by atoms with Gasteiger partial charge < -0.3 is 14.8 Å². The molecule has 0 bridgehead atoms. The number of amides is 1. The third-order valence-corrected chi connectivity index (χ3v) is 3.56. The number of fused-ring (bicyclic) bond motifs is 1. The molecular weight excluding hydrogens is 332 g/mol. The van der Waals surface area contributed by atoms with Gasteiger partial charge in [0.05, 0.1) is 5.02 Å². The summed E-state index contributed by atoms with van der Waals surface area (Å²) in [5.41, 5.74) is 1.25. The summed E-state index contributed by atoms with van der Waals surface area (Å²) in [6.45, 7) is 4.58. The molecule has 0 fully saturated rings. The molecule has 3 rings (SSSR count). The molecular formula is C17H20ClN2O4+. The zero-order valence-electron chi connectivity index (χ0n) is 13.8. The van der Waals surface area contributed by atoms with Gasteiger partial charge in [0.25, 0.3) is 5.91 Å². The summed E-state index contributed by atoms with van der Waals surface area (Å²) >= 11 is 6.04. The summed E-state index contributed by atoms with van der Waals surface area (Å²) in [5.74, 6) is 1.11. The predicted octanol–water partition coefficient (Wildman–Crippen LogP) is 2.37. The van der Waals surface area contributed by atoms with E-state index in [1.165, 1.54) is 18.0 Å². The molecule has 0 spiro atoms. The monoisotopic (exact) mass is 351 g/mol. The van der Waals surface area contributed by atoms with Crippen molar-refractivity contribution in [3.8, 4) is 11.5 Å². The number of carbonyl (C=O) groups is 1. The van der Waals surface area contributed by atoms with Gasteiger partial charge in [-0.25, -0.2) is 0 Å². The van der Waals surface area contributed by atoms with Crippen molar-refractivity contribution in [3.63, 3.8) is 0 Å². The van der Waals surface area contributed by atoms with Gasteiger partial charge in [0.2, 0.25) is 19.2 Å². The number of ether oxygens (including phenoxy) is 2. The summed E-state index contributed by atoms with van der Waals surface area (Å²) in [7, 11) is 1.50. The van der Waals surface area contributed by atoms with Crippen molar-refractivity contribution >= 4 is 17.5 Å². The van der Waals surface area contributed by atoms with Crippen molar-refractivity contribution in [2.24, 2.45) is 0 Å². The number of nitrogens with one attached hydrogen (secondary N) is 1. The first-order valence-corrected chi connectivity index (χ1v) is 7.97. The largest absolute Gasteiger partial charge is 0.454 e. The molecule has 24 heavy (non-hydrogen) atoms. The molecule has 6 nitrogen and oxygen atoms in total. The fourth-order valence-electron chi connectivity index (χ4n) is 2.07. The van der Waals surface area contributed by atoms with Gasteiger partial charge in [0.1, 0.15) is 12.7 Å². The molecule has 1 aromatic heterocycles. The smallest absolute Gasteiger partial charge is 0.259 e. The molecule has 0 saturated heterocycles. The van der Waals surface area contributed by atoms with E-state index in [-0.39, 0.29) is 12.7 Å². The number of halogens is 1. The third-order valence-electron chi connectivity index (χ3n) is 3.23. The fourth-order valence-corrected chi connectivity index (χ4v) is 2.26. The van der Waals surface area contributed by atoms with E-state index in [0.717, 1.165) is 5.56 Å². The first-order chi connectivity index (χ1) is 11.7. The van der Waals surface area contributed by atoms with E-state index in [1.54, 1.807) is 12.3 Å².